The second kappa shape index (κ2) is 50.6. The molecular weight excluding hydrogens is 437 g/mol. The van der Waals surface area contributed by atoms with Gasteiger partial charge in [0.1, 0.15) is 0 Å². The first kappa shape index (κ1) is 76.4. The van der Waals surface area contributed by atoms with E-state index in [4.69, 9.17) is 0 Å². The second-order valence-electron chi connectivity index (χ2n) is 0. The first-order chi connectivity index (χ1) is 0. The average Bonchev–Trinajstić information content (AvgIpc) is 0. The molecule has 6 heteroatoms. The molecule has 0 saturated heterocycles. The molecule has 0 heterocycles. The van der Waals surface area contributed by atoms with Gasteiger partial charge in [-0.2, -0.15) is 0 Å². The quantitative estimate of drug-likeness (QED) is 0.337. The van der Waals surface area contributed by atoms with E-state index < -0.39 is 0 Å². The van der Waals surface area contributed by atoms with Crippen molar-refractivity contribution in [1.29, 1.82) is 0 Å². The third-order valence-corrected chi connectivity index (χ3v) is 0. The normalized spacial score (nSPS) is 0. The van der Waals surface area contributed by atoms with Crippen molar-refractivity contribution in [2.75, 3.05) is 0 Å². The summed E-state index contributed by atoms with van der Waals surface area (Å²) in [4.78, 5) is 0. The molecule has 0 aromatic rings. The fraction of sp³-hybridized carbons (Fsp3) is 0. The van der Waals surface area contributed by atoms with Crippen LogP contribution in [0.1, 0.15) is 0 Å². The van der Waals surface area contributed by atoms with E-state index in [0.717, 1.165) is 0 Å². The van der Waals surface area contributed by atoms with Gasteiger partial charge in [-0.1, -0.05) is 0 Å². The SMILES string of the molecule is O.[Br-].[Br-].[Br-].[Br-].[Ru+4]. The van der Waals surface area contributed by atoms with Crippen molar-refractivity contribution < 1.29 is 92.9 Å². The summed E-state index contributed by atoms with van der Waals surface area (Å²) < 4.78 is 0. The molecule has 0 spiro atoms. The Hall–Kier alpha value is 2.50. The Bertz CT molecular complexity index is 7.51. The van der Waals surface area contributed by atoms with Gasteiger partial charge in [0.15, 0.2) is 0 Å². The van der Waals surface area contributed by atoms with E-state index in [2.05, 4.69) is 0 Å². The number of hydrogen-bond acceptors (Lipinski definition) is 0. The largest absolute Gasteiger partial charge is 4.00 e. The van der Waals surface area contributed by atoms with Crippen LogP contribution in [-0.4, -0.2) is 5.48 Å². The minimum Gasteiger partial charge on any atom is -1.00 e. The predicted molar refractivity (Wildman–Crippen MR) is 3.61 cm³/mol. The summed E-state index contributed by atoms with van der Waals surface area (Å²) in [6, 6.07) is 0. The Kier molecular flexibility index (Phi) is 645. The minimum absolute atomic E-state index is 0. The molecule has 1 nitrogen and oxygen atoms in total. The van der Waals surface area contributed by atoms with Crippen LogP contribution in [0.2, 0.25) is 0 Å². The zero-order chi connectivity index (χ0) is 0. The number of rotatable bonds is 0. The monoisotopic (exact) mass is 436 g/mol. The van der Waals surface area contributed by atoms with Crippen molar-refractivity contribution in [2.24, 2.45) is 0 Å². The fourth-order valence-corrected chi connectivity index (χ4v) is 0. The van der Waals surface area contributed by atoms with Crippen LogP contribution in [0.25, 0.3) is 0 Å². The molecule has 0 fully saturated rings. The molecule has 0 atom stereocenters. The van der Waals surface area contributed by atoms with Crippen molar-refractivity contribution in [3.63, 3.8) is 0 Å². The number of hydrogen-bond donors (Lipinski definition) is 0. The van der Waals surface area contributed by atoms with Crippen molar-refractivity contribution in [3.05, 3.63) is 0 Å². The third-order valence-electron chi connectivity index (χ3n) is 0. The first-order valence-electron chi connectivity index (χ1n) is 0. The van der Waals surface area contributed by atoms with Crippen LogP contribution in [0, 0.1) is 0 Å². The number of halogens is 4. The summed E-state index contributed by atoms with van der Waals surface area (Å²) in [7, 11) is 0. The maximum atomic E-state index is 0. The molecule has 0 aromatic carbocycles. The first-order valence-corrected chi connectivity index (χ1v) is 0. The summed E-state index contributed by atoms with van der Waals surface area (Å²) in [5.74, 6) is 0. The molecule has 44 valence electrons. The summed E-state index contributed by atoms with van der Waals surface area (Å²) in [6.45, 7) is 0. The van der Waals surface area contributed by atoms with Gasteiger partial charge in [0.2, 0.25) is 0 Å². The summed E-state index contributed by atoms with van der Waals surface area (Å²) in [5, 5.41) is 0. The van der Waals surface area contributed by atoms with Gasteiger partial charge in [0.25, 0.3) is 0 Å². The molecule has 0 rings (SSSR count). The van der Waals surface area contributed by atoms with E-state index in [-0.39, 0.29) is 92.9 Å². The van der Waals surface area contributed by atoms with Gasteiger partial charge >= 0.3 is 19.5 Å². The van der Waals surface area contributed by atoms with Crippen LogP contribution in [0.5, 0.6) is 0 Å². The standard InChI is InChI=1S/4BrH.H2O.Ru/h4*1H;1H2;/q;;;;;+4/p-4. The third kappa shape index (κ3) is 31.4. The predicted octanol–water partition coefficient (Wildman–Crippen LogP) is -12.8. The van der Waals surface area contributed by atoms with Crippen LogP contribution in [0.4, 0.5) is 0 Å². The maximum Gasteiger partial charge on any atom is 4.00 e. The zero-order valence-corrected chi connectivity index (χ0v) is 10.4. The Balaban J connectivity index is 0. The molecule has 0 aliphatic heterocycles. The van der Waals surface area contributed by atoms with Crippen molar-refractivity contribution in [2.45, 2.75) is 0 Å². The smallest absolute Gasteiger partial charge is 1.00 e. The minimum atomic E-state index is 0. The van der Waals surface area contributed by atoms with E-state index in [0.29, 0.717) is 0 Å². The molecule has 0 unspecified atom stereocenters. The van der Waals surface area contributed by atoms with Crippen molar-refractivity contribution >= 4 is 0 Å². The fourth-order valence-electron chi connectivity index (χ4n) is 0. The van der Waals surface area contributed by atoms with E-state index in [9.17, 15) is 0 Å². The van der Waals surface area contributed by atoms with Crippen LogP contribution in [0.3, 0.4) is 0 Å². The van der Waals surface area contributed by atoms with Gasteiger partial charge in [-0.05, 0) is 0 Å². The molecule has 0 aromatic heterocycles. The topological polar surface area (TPSA) is 31.5 Å². The van der Waals surface area contributed by atoms with Crippen molar-refractivity contribution in [3.8, 4) is 0 Å². The van der Waals surface area contributed by atoms with Gasteiger partial charge in [-0.25, -0.2) is 0 Å². The zero-order valence-electron chi connectivity index (χ0n) is 2.37. The summed E-state index contributed by atoms with van der Waals surface area (Å²) in [6.07, 6.45) is 0. The van der Waals surface area contributed by atoms with E-state index in [1.807, 2.05) is 0 Å². The molecule has 0 bridgehead atoms. The van der Waals surface area contributed by atoms with E-state index in [1.165, 1.54) is 0 Å². The molecule has 0 amide bonds. The Morgan fingerprint density at radius 1 is 0.500 bits per heavy atom. The van der Waals surface area contributed by atoms with Gasteiger partial charge in [0.05, 0.1) is 0 Å². The molecule has 0 aliphatic carbocycles. The molecule has 0 radical (unpaired) electrons. The molecular formula is H2Br4ORu. The Labute approximate surface area is 91.8 Å². The van der Waals surface area contributed by atoms with Crippen LogP contribution in [0.15, 0.2) is 0 Å². The van der Waals surface area contributed by atoms with Crippen LogP contribution in [-0.2, 0) is 19.5 Å². The van der Waals surface area contributed by atoms with E-state index >= 15 is 0 Å². The second-order valence-corrected chi connectivity index (χ2v) is 0. The van der Waals surface area contributed by atoms with Gasteiger partial charge < -0.3 is 73.4 Å². The van der Waals surface area contributed by atoms with Gasteiger partial charge in [0, 0.05) is 0 Å². The van der Waals surface area contributed by atoms with E-state index in [1.54, 1.807) is 0 Å². The molecule has 2 N–H and O–H groups in total. The van der Waals surface area contributed by atoms with Crippen LogP contribution >= 0.6 is 0 Å². The molecule has 0 saturated carbocycles. The summed E-state index contributed by atoms with van der Waals surface area (Å²) >= 11 is 0. The van der Waals surface area contributed by atoms with Crippen molar-refractivity contribution in [1.82, 2.24) is 0 Å². The molecule has 0 aliphatic rings. The average molecular weight is 439 g/mol. The summed E-state index contributed by atoms with van der Waals surface area (Å²) in [5.41, 5.74) is 0. The van der Waals surface area contributed by atoms with Crippen LogP contribution < -0.4 is 67.9 Å². The Morgan fingerprint density at radius 2 is 0.500 bits per heavy atom. The Morgan fingerprint density at radius 3 is 0.500 bits per heavy atom. The van der Waals surface area contributed by atoms with Gasteiger partial charge in [-0.15, -0.1) is 0 Å². The maximum absolute atomic E-state index is 0. The molecule has 6 heavy (non-hydrogen) atoms. The van der Waals surface area contributed by atoms with Gasteiger partial charge in [-0.3, -0.25) is 0 Å².